The van der Waals surface area contributed by atoms with E-state index >= 15 is 0 Å². The summed E-state index contributed by atoms with van der Waals surface area (Å²) in [5, 5.41) is 0. The van der Waals surface area contributed by atoms with Crippen LogP contribution in [0.2, 0.25) is 0 Å². The lowest BCUT2D eigenvalue weighted by Gasteiger charge is -2.26. The van der Waals surface area contributed by atoms with Gasteiger partial charge in [0.25, 0.3) is 0 Å². The first-order valence-electron chi connectivity index (χ1n) is 6.99. The molecule has 0 unspecified atom stereocenters. The summed E-state index contributed by atoms with van der Waals surface area (Å²) in [5.41, 5.74) is 15.7. The van der Waals surface area contributed by atoms with Crippen LogP contribution in [0, 0.1) is 34.6 Å². The highest BCUT2D eigenvalue weighted by Crippen LogP contribution is 2.35. The van der Waals surface area contributed by atoms with Crippen molar-refractivity contribution in [2.45, 2.75) is 34.6 Å². The molecule has 0 bridgehead atoms. The average molecular weight is 268 g/mol. The van der Waals surface area contributed by atoms with E-state index in [2.05, 4.69) is 70.8 Å². The molecule has 2 aromatic rings. The van der Waals surface area contributed by atoms with Gasteiger partial charge in [0.1, 0.15) is 0 Å². The van der Waals surface area contributed by atoms with E-state index < -0.39 is 0 Å². The molecule has 0 radical (unpaired) electrons. The van der Waals surface area contributed by atoms with Crippen molar-refractivity contribution in [3.63, 3.8) is 0 Å². The zero-order valence-electron chi connectivity index (χ0n) is 13.3. The van der Waals surface area contributed by atoms with Crippen molar-refractivity contribution in [3.05, 3.63) is 52.1 Å². The molecule has 0 aliphatic carbocycles. The Morgan fingerprint density at radius 1 is 0.750 bits per heavy atom. The summed E-state index contributed by atoms with van der Waals surface area (Å²) in [6, 6.07) is 8.66. The van der Waals surface area contributed by atoms with Gasteiger partial charge in [0, 0.05) is 12.7 Å². The molecule has 0 spiro atoms. The summed E-state index contributed by atoms with van der Waals surface area (Å²) in [7, 11) is 2.09. The van der Waals surface area contributed by atoms with Gasteiger partial charge in [-0.05, 0) is 69.0 Å². The van der Waals surface area contributed by atoms with E-state index in [1.54, 1.807) is 0 Å². The third-order valence-corrected chi connectivity index (χ3v) is 3.98. The van der Waals surface area contributed by atoms with Gasteiger partial charge >= 0.3 is 0 Å². The molecule has 0 saturated heterocycles. The lowest BCUT2D eigenvalue weighted by atomic mass is 10.0. The van der Waals surface area contributed by atoms with Gasteiger partial charge in [-0.2, -0.15) is 0 Å². The summed E-state index contributed by atoms with van der Waals surface area (Å²) in [5.74, 6) is 0. The van der Waals surface area contributed by atoms with Crippen LogP contribution in [-0.4, -0.2) is 7.05 Å². The standard InChI is InChI=1S/C18H24N2/c1-11-7-14(4)18(15(5)8-11)20(6)17-10-13(3)12(2)9-16(17)19/h7-10H,19H2,1-6H3. The molecule has 0 heterocycles. The number of hydrogen-bond acceptors (Lipinski definition) is 2. The zero-order valence-corrected chi connectivity index (χ0v) is 13.3. The minimum absolute atomic E-state index is 0.829. The Kier molecular flexibility index (Phi) is 3.76. The Morgan fingerprint density at radius 2 is 1.25 bits per heavy atom. The molecule has 0 aromatic heterocycles. The molecule has 0 fully saturated rings. The topological polar surface area (TPSA) is 29.3 Å². The second-order valence-corrected chi connectivity index (χ2v) is 5.80. The Bertz CT molecular complexity index is 634. The van der Waals surface area contributed by atoms with Crippen molar-refractivity contribution >= 4 is 17.1 Å². The number of nitrogens with zero attached hydrogens (tertiary/aromatic N) is 1. The molecule has 2 heteroatoms. The Hall–Kier alpha value is -1.96. The monoisotopic (exact) mass is 268 g/mol. The number of rotatable bonds is 2. The van der Waals surface area contributed by atoms with E-state index in [1.165, 1.54) is 33.5 Å². The van der Waals surface area contributed by atoms with Crippen molar-refractivity contribution in [2.24, 2.45) is 0 Å². The summed E-state index contributed by atoms with van der Waals surface area (Å²) < 4.78 is 0. The molecule has 0 aliphatic rings. The van der Waals surface area contributed by atoms with Gasteiger partial charge < -0.3 is 10.6 Å². The molecule has 0 saturated carbocycles. The fourth-order valence-electron chi connectivity index (χ4n) is 2.94. The molecular formula is C18H24N2. The molecule has 2 rings (SSSR count). The van der Waals surface area contributed by atoms with Crippen molar-refractivity contribution in [1.82, 2.24) is 0 Å². The minimum Gasteiger partial charge on any atom is -0.397 e. The van der Waals surface area contributed by atoms with Gasteiger partial charge in [-0.25, -0.2) is 0 Å². The highest BCUT2D eigenvalue weighted by molar-refractivity contribution is 5.78. The Morgan fingerprint density at radius 3 is 1.80 bits per heavy atom. The third kappa shape index (κ3) is 2.51. The van der Waals surface area contributed by atoms with Gasteiger partial charge in [0.15, 0.2) is 0 Å². The molecular weight excluding hydrogens is 244 g/mol. The number of hydrogen-bond donors (Lipinski definition) is 1. The van der Waals surface area contributed by atoms with E-state index in [4.69, 9.17) is 5.73 Å². The van der Waals surface area contributed by atoms with E-state index in [0.29, 0.717) is 0 Å². The predicted octanol–water partition coefficient (Wildman–Crippen LogP) is 4.58. The number of nitrogen functional groups attached to an aromatic ring is 1. The summed E-state index contributed by atoms with van der Waals surface area (Å²) in [4.78, 5) is 2.20. The first-order valence-corrected chi connectivity index (χ1v) is 6.99. The highest BCUT2D eigenvalue weighted by Gasteiger charge is 2.14. The maximum atomic E-state index is 6.22. The van der Waals surface area contributed by atoms with Crippen LogP contribution in [0.15, 0.2) is 24.3 Å². The van der Waals surface area contributed by atoms with Crippen molar-refractivity contribution in [2.75, 3.05) is 17.7 Å². The van der Waals surface area contributed by atoms with E-state index in [-0.39, 0.29) is 0 Å². The maximum Gasteiger partial charge on any atom is 0.0644 e. The highest BCUT2D eigenvalue weighted by atomic mass is 15.1. The molecule has 106 valence electrons. The first kappa shape index (κ1) is 14.4. The van der Waals surface area contributed by atoms with Crippen LogP contribution >= 0.6 is 0 Å². The molecule has 0 aliphatic heterocycles. The lowest BCUT2D eigenvalue weighted by molar-refractivity contribution is 1.15. The van der Waals surface area contributed by atoms with Crippen molar-refractivity contribution in [3.8, 4) is 0 Å². The molecule has 2 aromatic carbocycles. The fourth-order valence-corrected chi connectivity index (χ4v) is 2.94. The quantitative estimate of drug-likeness (QED) is 0.808. The minimum atomic E-state index is 0.829. The van der Waals surface area contributed by atoms with Gasteiger partial charge in [-0.3, -0.25) is 0 Å². The second-order valence-electron chi connectivity index (χ2n) is 5.80. The van der Waals surface area contributed by atoms with Crippen molar-refractivity contribution in [1.29, 1.82) is 0 Å². The molecule has 20 heavy (non-hydrogen) atoms. The first-order chi connectivity index (χ1) is 9.31. The van der Waals surface area contributed by atoms with Gasteiger partial charge in [-0.1, -0.05) is 17.7 Å². The normalized spacial score (nSPS) is 10.7. The summed E-state index contributed by atoms with van der Waals surface area (Å²) >= 11 is 0. The number of aryl methyl sites for hydroxylation is 5. The van der Waals surface area contributed by atoms with E-state index in [9.17, 15) is 0 Å². The Labute approximate surface area is 122 Å². The fraction of sp³-hybridized carbons (Fsp3) is 0.333. The molecule has 0 atom stereocenters. The Balaban J connectivity index is 2.57. The van der Waals surface area contributed by atoms with Crippen LogP contribution in [0.5, 0.6) is 0 Å². The largest absolute Gasteiger partial charge is 0.397 e. The van der Waals surface area contributed by atoms with Gasteiger partial charge in [-0.15, -0.1) is 0 Å². The van der Waals surface area contributed by atoms with Crippen LogP contribution in [0.25, 0.3) is 0 Å². The average Bonchev–Trinajstić information content (AvgIpc) is 2.32. The van der Waals surface area contributed by atoms with Crippen LogP contribution in [0.3, 0.4) is 0 Å². The lowest BCUT2D eigenvalue weighted by Crippen LogP contribution is -2.15. The van der Waals surface area contributed by atoms with Gasteiger partial charge in [0.05, 0.1) is 11.4 Å². The van der Waals surface area contributed by atoms with Crippen LogP contribution in [0.1, 0.15) is 27.8 Å². The maximum absolute atomic E-state index is 6.22. The van der Waals surface area contributed by atoms with Crippen LogP contribution in [0.4, 0.5) is 17.1 Å². The number of benzene rings is 2. The molecule has 2 N–H and O–H groups in total. The summed E-state index contributed by atoms with van der Waals surface area (Å²) in [6.45, 7) is 10.7. The van der Waals surface area contributed by atoms with E-state index in [1.807, 2.05) is 0 Å². The van der Waals surface area contributed by atoms with Crippen LogP contribution < -0.4 is 10.6 Å². The zero-order chi connectivity index (χ0) is 15.0. The van der Waals surface area contributed by atoms with Gasteiger partial charge in [0.2, 0.25) is 0 Å². The van der Waals surface area contributed by atoms with Crippen LogP contribution in [-0.2, 0) is 0 Å². The number of anilines is 3. The second kappa shape index (κ2) is 5.20. The predicted molar refractivity (Wildman–Crippen MR) is 89.0 cm³/mol. The SMILES string of the molecule is Cc1cc(C)c(N(C)c2cc(C)c(C)cc2N)c(C)c1. The molecule has 2 nitrogen and oxygen atoms in total. The van der Waals surface area contributed by atoms with Crippen molar-refractivity contribution < 1.29 is 0 Å². The summed E-state index contributed by atoms with van der Waals surface area (Å²) in [6.07, 6.45) is 0. The smallest absolute Gasteiger partial charge is 0.0644 e. The number of nitrogens with two attached hydrogens (primary N) is 1. The molecule has 0 amide bonds. The van der Waals surface area contributed by atoms with E-state index in [0.717, 1.165) is 11.4 Å². The third-order valence-electron chi connectivity index (χ3n) is 3.98.